The zero-order chi connectivity index (χ0) is 19.7. The molecule has 6 heteroatoms. The number of hydrogen-bond donors (Lipinski definition) is 2. The average Bonchev–Trinajstić information content (AvgIpc) is 3.24. The lowest BCUT2D eigenvalue weighted by atomic mass is 9.90. The standard InChI is InChI=1S/C22H23N3O3/c1-28-20-8-6-19(7-9-20)24-21(26)25-13-16-10-22(27,11-17(16)14-25)18-4-2-15(12-23)3-5-18/h2-9,16-17,27H,10-11,13-14H2,1H3,(H,24,26)/t16-,17+,22-. The molecule has 2 aliphatic rings. The van der Waals surface area contributed by atoms with E-state index >= 15 is 0 Å². The molecule has 1 saturated heterocycles. The first kappa shape index (κ1) is 18.3. The number of anilines is 1. The monoisotopic (exact) mass is 377 g/mol. The van der Waals surface area contributed by atoms with Crippen molar-refractivity contribution in [3.63, 3.8) is 0 Å². The summed E-state index contributed by atoms with van der Waals surface area (Å²) >= 11 is 0. The Hall–Kier alpha value is -3.04. The number of benzene rings is 2. The summed E-state index contributed by atoms with van der Waals surface area (Å²) in [5.41, 5.74) is 1.31. The number of aliphatic hydroxyl groups is 1. The zero-order valence-electron chi connectivity index (χ0n) is 15.8. The highest BCUT2D eigenvalue weighted by Crippen LogP contribution is 2.49. The van der Waals surface area contributed by atoms with Crippen molar-refractivity contribution in [3.8, 4) is 11.8 Å². The Bertz CT molecular complexity index is 888. The Morgan fingerprint density at radius 2 is 1.75 bits per heavy atom. The van der Waals surface area contributed by atoms with Crippen LogP contribution in [-0.4, -0.2) is 36.2 Å². The number of rotatable bonds is 3. The number of ether oxygens (including phenoxy) is 1. The molecular weight excluding hydrogens is 354 g/mol. The van der Waals surface area contributed by atoms with Gasteiger partial charge in [0.05, 0.1) is 24.3 Å². The topological polar surface area (TPSA) is 85.6 Å². The van der Waals surface area contributed by atoms with E-state index in [0.29, 0.717) is 31.5 Å². The minimum absolute atomic E-state index is 0.110. The van der Waals surface area contributed by atoms with Gasteiger partial charge in [-0.15, -0.1) is 0 Å². The summed E-state index contributed by atoms with van der Waals surface area (Å²) < 4.78 is 5.13. The van der Waals surface area contributed by atoms with Crippen LogP contribution in [0.5, 0.6) is 5.75 Å². The van der Waals surface area contributed by atoms with Crippen LogP contribution in [0.2, 0.25) is 0 Å². The van der Waals surface area contributed by atoms with Crippen LogP contribution in [0.15, 0.2) is 48.5 Å². The number of nitriles is 1. The van der Waals surface area contributed by atoms with Crippen LogP contribution in [0.3, 0.4) is 0 Å². The van der Waals surface area contributed by atoms with Gasteiger partial charge in [0.2, 0.25) is 0 Å². The smallest absolute Gasteiger partial charge is 0.321 e. The molecule has 1 aliphatic carbocycles. The molecule has 144 valence electrons. The number of nitrogens with zero attached hydrogens (tertiary/aromatic N) is 2. The lowest BCUT2D eigenvalue weighted by Crippen LogP contribution is -2.35. The molecule has 2 aromatic carbocycles. The largest absolute Gasteiger partial charge is 0.497 e. The number of carbonyl (C=O) groups excluding carboxylic acids is 1. The second-order valence-electron chi connectivity index (χ2n) is 7.71. The van der Waals surface area contributed by atoms with E-state index in [9.17, 15) is 9.90 Å². The van der Waals surface area contributed by atoms with Crippen molar-refractivity contribution in [3.05, 3.63) is 59.7 Å². The first-order chi connectivity index (χ1) is 13.5. The van der Waals surface area contributed by atoms with E-state index in [0.717, 1.165) is 17.0 Å². The van der Waals surface area contributed by atoms with E-state index in [1.807, 2.05) is 41.3 Å². The molecule has 0 radical (unpaired) electrons. The highest BCUT2D eigenvalue weighted by Gasteiger charge is 2.49. The average molecular weight is 377 g/mol. The molecule has 1 heterocycles. The maximum atomic E-state index is 12.6. The number of nitrogens with one attached hydrogen (secondary N) is 1. The Labute approximate surface area is 164 Å². The Kier molecular flexibility index (Phi) is 4.70. The van der Waals surface area contributed by atoms with Gasteiger partial charge in [0.1, 0.15) is 5.75 Å². The molecule has 2 fully saturated rings. The second-order valence-corrected chi connectivity index (χ2v) is 7.71. The molecule has 2 aromatic rings. The van der Waals surface area contributed by atoms with E-state index in [2.05, 4.69) is 11.4 Å². The number of likely N-dealkylation sites (tertiary alicyclic amines) is 1. The van der Waals surface area contributed by atoms with Crippen LogP contribution in [0.25, 0.3) is 0 Å². The molecular formula is C22H23N3O3. The number of urea groups is 1. The maximum absolute atomic E-state index is 12.6. The van der Waals surface area contributed by atoms with E-state index in [4.69, 9.17) is 10.00 Å². The minimum atomic E-state index is -0.873. The van der Waals surface area contributed by atoms with Crippen molar-refractivity contribution in [1.29, 1.82) is 5.26 Å². The van der Waals surface area contributed by atoms with Gasteiger partial charge >= 0.3 is 6.03 Å². The van der Waals surface area contributed by atoms with Gasteiger partial charge in [0, 0.05) is 18.8 Å². The molecule has 1 aliphatic heterocycles. The van der Waals surface area contributed by atoms with Crippen molar-refractivity contribution in [2.45, 2.75) is 18.4 Å². The summed E-state index contributed by atoms with van der Waals surface area (Å²) in [7, 11) is 1.61. The molecule has 0 bridgehead atoms. The molecule has 0 aromatic heterocycles. The van der Waals surface area contributed by atoms with Crippen LogP contribution in [0.4, 0.5) is 10.5 Å². The number of fused-ring (bicyclic) bond motifs is 1. The van der Waals surface area contributed by atoms with Gasteiger partial charge in [-0.2, -0.15) is 5.26 Å². The van der Waals surface area contributed by atoms with Gasteiger partial charge in [0.25, 0.3) is 0 Å². The normalized spacial score (nSPS) is 25.8. The van der Waals surface area contributed by atoms with E-state index in [1.54, 1.807) is 19.2 Å². The fourth-order valence-corrected chi connectivity index (χ4v) is 4.49. The molecule has 28 heavy (non-hydrogen) atoms. The van der Waals surface area contributed by atoms with Gasteiger partial charge in [-0.25, -0.2) is 4.79 Å². The Morgan fingerprint density at radius 3 is 2.29 bits per heavy atom. The molecule has 3 atom stereocenters. The lowest BCUT2D eigenvalue weighted by molar-refractivity contribution is 0.0328. The van der Waals surface area contributed by atoms with E-state index < -0.39 is 5.60 Å². The van der Waals surface area contributed by atoms with Gasteiger partial charge in [0.15, 0.2) is 0 Å². The van der Waals surface area contributed by atoms with Crippen LogP contribution in [0.1, 0.15) is 24.0 Å². The highest BCUT2D eigenvalue weighted by molar-refractivity contribution is 5.89. The molecule has 4 rings (SSSR count). The van der Waals surface area contributed by atoms with Crippen LogP contribution in [-0.2, 0) is 5.60 Å². The van der Waals surface area contributed by atoms with Gasteiger partial charge in [-0.05, 0) is 66.6 Å². The van der Waals surface area contributed by atoms with Gasteiger partial charge in [-0.3, -0.25) is 0 Å². The summed E-state index contributed by atoms with van der Waals surface area (Å²) in [5, 5.41) is 23.0. The van der Waals surface area contributed by atoms with Crippen molar-refractivity contribution >= 4 is 11.7 Å². The molecule has 0 spiro atoms. The summed E-state index contributed by atoms with van der Waals surface area (Å²) in [4.78, 5) is 14.4. The molecule has 6 nitrogen and oxygen atoms in total. The number of hydrogen-bond acceptors (Lipinski definition) is 4. The van der Waals surface area contributed by atoms with Gasteiger partial charge < -0.3 is 20.1 Å². The Morgan fingerprint density at radius 1 is 1.14 bits per heavy atom. The number of methoxy groups -OCH3 is 1. The van der Waals surface area contributed by atoms with Crippen LogP contribution >= 0.6 is 0 Å². The first-order valence-electron chi connectivity index (χ1n) is 9.44. The fraction of sp³-hybridized carbons (Fsp3) is 0.364. The van der Waals surface area contributed by atoms with Crippen LogP contribution < -0.4 is 10.1 Å². The summed E-state index contributed by atoms with van der Waals surface area (Å²) in [6, 6.07) is 16.4. The lowest BCUT2D eigenvalue weighted by Gasteiger charge is -2.26. The van der Waals surface area contributed by atoms with E-state index in [-0.39, 0.29) is 17.9 Å². The zero-order valence-corrected chi connectivity index (χ0v) is 15.8. The fourth-order valence-electron chi connectivity index (χ4n) is 4.49. The predicted octanol–water partition coefficient (Wildman–Crippen LogP) is 3.33. The number of amides is 2. The third-order valence-electron chi connectivity index (χ3n) is 5.96. The second kappa shape index (κ2) is 7.17. The minimum Gasteiger partial charge on any atom is -0.497 e. The molecule has 0 unspecified atom stereocenters. The third kappa shape index (κ3) is 3.41. The summed E-state index contributed by atoms with van der Waals surface area (Å²) in [6.45, 7) is 1.29. The first-order valence-corrected chi connectivity index (χ1v) is 9.44. The van der Waals surface area contributed by atoms with Gasteiger partial charge in [-0.1, -0.05) is 12.1 Å². The van der Waals surface area contributed by atoms with Crippen molar-refractivity contribution in [2.75, 3.05) is 25.5 Å². The Balaban J connectivity index is 1.37. The molecule has 1 saturated carbocycles. The van der Waals surface area contributed by atoms with Crippen LogP contribution in [0, 0.1) is 23.2 Å². The number of carbonyl (C=O) groups is 1. The van der Waals surface area contributed by atoms with E-state index in [1.165, 1.54) is 0 Å². The van der Waals surface area contributed by atoms with Crippen molar-refractivity contribution in [2.24, 2.45) is 11.8 Å². The van der Waals surface area contributed by atoms with Crippen molar-refractivity contribution in [1.82, 2.24) is 4.90 Å². The SMILES string of the molecule is COc1ccc(NC(=O)N2C[C@@H]3C[C@@](O)(c4ccc(C#N)cc4)C[C@@H]3C2)cc1. The maximum Gasteiger partial charge on any atom is 0.321 e. The molecule has 2 N–H and O–H groups in total. The predicted molar refractivity (Wildman–Crippen MR) is 105 cm³/mol. The summed E-state index contributed by atoms with van der Waals surface area (Å²) in [6.07, 6.45) is 1.27. The highest BCUT2D eigenvalue weighted by atomic mass is 16.5. The third-order valence-corrected chi connectivity index (χ3v) is 5.96. The summed E-state index contributed by atoms with van der Waals surface area (Å²) in [5.74, 6) is 1.31. The quantitative estimate of drug-likeness (QED) is 0.859. The van der Waals surface area contributed by atoms with Crippen molar-refractivity contribution < 1.29 is 14.6 Å². The molecule has 2 amide bonds.